The first-order valence-electron chi connectivity index (χ1n) is 7.39. The van der Waals surface area contributed by atoms with E-state index in [1.54, 1.807) is 0 Å². The fraction of sp³-hybridized carbons (Fsp3) is 0.643. The van der Waals surface area contributed by atoms with Gasteiger partial charge in [-0.1, -0.05) is 12.8 Å². The Morgan fingerprint density at radius 3 is 2.71 bits per heavy atom. The van der Waals surface area contributed by atoms with Crippen LogP contribution in [0.15, 0.2) is 5.38 Å². The number of aromatic nitrogens is 1. The molecule has 2 saturated carbocycles. The Morgan fingerprint density at radius 2 is 2.00 bits per heavy atom. The Morgan fingerprint density at radius 1 is 1.24 bits per heavy atom. The number of carbonyl (C=O) groups excluding carboxylic acids is 1. The zero-order valence-corrected chi connectivity index (χ0v) is 12.5. The Bertz CT molecular complexity index is 541. The van der Waals surface area contributed by atoms with Gasteiger partial charge in [0.2, 0.25) is 0 Å². The van der Waals surface area contributed by atoms with Crippen molar-refractivity contribution < 1.29 is 14.7 Å². The molecule has 3 rings (SSSR count). The van der Waals surface area contributed by atoms with Crippen LogP contribution in [0.25, 0.3) is 0 Å². The Labute approximate surface area is 127 Å². The molecule has 0 spiro atoms. The van der Waals surface area contributed by atoms with E-state index in [0.717, 1.165) is 25.0 Å². The number of thiazole rings is 1. The standard InChI is InChI=1S/C14H19N3O3S/c18-12(19)9-3-1-2-4-10(9)15-13(20)17-14-16-11(7-21-14)8-5-6-8/h7-10H,1-6H2,(H,18,19)(H2,15,16,17,20). The molecule has 2 aliphatic rings. The number of urea groups is 1. The number of carboxylic acids is 1. The maximum atomic E-state index is 12.0. The SMILES string of the molecule is O=C(Nc1nc(C2CC2)cs1)NC1CCCCC1C(=O)O. The minimum Gasteiger partial charge on any atom is -0.481 e. The van der Waals surface area contributed by atoms with Gasteiger partial charge in [0, 0.05) is 17.3 Å². The number of hydrogen-bond donors (Lipinski definition) is 3. The average molecular weight is 309 g/mol. The zero-order valence-electron chi connectivity index (χ0n) is 11.7. The molecular formula is C14H19N3O3S. The summed E-state index contributed by atoms with van der Waals surface area (Å²) in [5.74, 6) is -0.748. The van der Waals surface area contributed by atoms with Gasteiger partial charge in [-0.05, 0) is 25.7 Å². The molecule has 2 aliphatic carbocycles. The highest BCUT2D eigenvalue weighted by molar-refractivity contribution is 7.13. The molecule has 3 N–H and O–H groups in total. The fourth-order valence-electron chi connectivity index (χ4n) is 2.81. The van der Waals surface area contributed by atoms with Gasteiger partial charge in [0.05, 0.1) is 11.6 Å². The summed E-state index contributed by atoms with van der Waals surface area (Å²) in [5, 5.41) is 17.3. The van der Waals surface area contributed by atoms with Gasteiger partial charge >= 0.3 is 12.0 Å². The van der Waals surface area contributed by atoms with E-state index < -0.39 is 11.9 Å². The Hall–Kier alpha value is -1.63. The molecule has 2 unspecified atom stereocenters. The molecule has 2 atom stereocenters. The quantitative estimate of drug-likeness (QED) is 0.797. The fourth-order valence-corrected chi connectivity index (χ4v) is 3.60. The Balaban J connectivity index is 1.55. The third-order valence-electron chi connectivity index (χ3n) is 4.14. The third kappa shape index (κ3) is 3.53. The largest absolute Gasteiger partial charge is 0.481 e. The van der Waals surface area contributed by atoms with Gasteiger partial charge in [-0.15, -0.1) is 11.3 Å². The molecular weight excluding hydrogens is 290 g/mol. The van der Waals surface area contributed by atoms with E-state index in [1.807, 2.05) is 5.38 Å². The molecule has 2 fully saturated rings. The minimum absolute atomic E-state index is 0.292. The molecule has 0 bridgehead atoms. The van der Waals surface area contributed by atoms with Crippen LogP contribution < -0.4 is 10.6 Å². The van der Waals surface area contributed by atoms with E-state index in [0.29, 0.717) is 17.5 Å². The van der Waals surface area contributed by atoms with Crippen LogP contribution in [0.1, 0.15) is 50.1 Å². The smallest absolute Gasteiger partial charge is 0.321 e. The number of nitrogens with zero attached hydrogens (tertiary/aromatic N) is 1. The van der Waals surface area contributed by atoms with Crippen LogP contribution in [-0.2, 0) is 4.79 Å². The van der Waals surface area contributed by atoms with E-state index >= 15 is 0 Å². The number of aliphatic carboxylic acids is 1. The summed E-state index contributed by atoms with van der Waals surface area (Å²) in [6, 6.07) is -0.649. The van der Waals surface area contributed by atoms with Crippen molar-refractivity contribution >= 4 is 28.5 Å². The average Bonchev–Trinajstić information content (AvgIpc) is 3.20. The summed E-state index contributed by atoms with van der Waals surface area (Å²) in [6.45, 7) is 0. The van der Waals surface area contributed by atoms with Crippen LogP contribution in [0.3, 0.4) is 0 Å². The number of anilines is 1. The second kappa shape index (κ2) is 6.01. The lowest BCUT2D eigenvalue weighted by molar-refractivity contribution is -0.143. The van der Waals surface area contributed by atoms with Crippen molar-refractivity contribution in [2.24, 2.45) is 5.92 Å². The van der Waals surface area contributed by atoms with Gasteiger partial charge in [0.15, 0.2) is 5.13 Å². The predicted molar refractivity (Wildman–Crippen MR) is 79.6 cm³/mol. The van der Waals surface area contributed by atoms with Crippen molar-refractivity contribution in [2.75, 3.05) is 5.32 Å². The molecule has 2 amide bonds. The van der Waals surface area contributed by atoms with Gasteiger partial charge in [-0.3, -0.25) is 10.1 Å². The van der Waals surface area contributed by atoms with E-state index in [4.69, 9.17) is 0 Å². The second-order valence-corrected chi connectivity index (χ2v) is 6.64. The number of rotatable bonds is 4. The maximum absolute atomic E-state index is 12.0. The third-order valence-corrected chi connectivity index (χ3v) is 4.91. The molecule has 6 nitrogen and oxygen atoms in total. The number of nitrogens with one attached hydrogen (secondary N) is 2. The number of amides is 2. The van der Waals surface area contributed by atoms with Crippen LogP contribution in [-0.4, -0.2) is 28.1 Å². The molecule has 7 heteroatoms. The second-order valence-electron chi connectivity index (χ2n) is 5.79. The summed E-state index contributed by atoms with van der Waals surface area (Å²) in [5.41, 5.74) is 1.05. The highest BCUT2D eigenvalue weighted by atomic mass is 32.1. The van der Waals surface area contributed by atoms with Crippen LogP contribution in [0, 0.1) is 5.92 Å². The highest BCUT2D eigenvalue weighted by Crippen LogP contribution is 2.40. The molecule has 0 saturated heterocycles. The molecule has 0 radical (unpaired) electrons. The first-order valence-corrected chi connectivity index (χ1v) is 8.27. The lowest BCUT2D eigenvalue weighted by Crippen LogP contribution is -2.46. The van der Waals surface area contributed by atoms with Gasteiger partial charge in [0.1, 0.15) is 0 Å². The van der Waals surface area contributed by atoms with Crippen molar-refractivity contribution in [1.82, 2.24) is 10.3 Å². The highest BCUT2D eigenvalue weighted by Gasteiger charge is 2.32. The molecule has 0 aromatic carbocycles. The van der Waals surface area contributed by atoms with Crippen molar-refractivity contribution in [3.05, 3.63) is 11.1 Å². The maximum Gasteiger partial charge on any atom is 0.321 e. The summed E-state index contributed by atoms with van der Waals surface area (Å²) < 4.78 is 0. The van der Waals surface area contributed by atoms with Gasteiger partial charge in [-0.25, -0.2) is 9.78 Å². The van der Waals surface area contributed by atoms with E-state index in [-0.39, 0.29) is 12.1 Å². The predicted octanol–water partition coefficient (Wildman–Crippen LogP) is 2.79. The molecule has 1 aromatic rings. The monoisotopic (exact) mass is 309 g/mol. The summed E-state index contributed by atoms with van der Waals surface area (Å²) in [7, 11) is 0. The van der Waals surface area contributed by atoms with Crippen LogP contribution in [0.2, 0.25) is 0 Å². The van der Waals surface area contributed by atoms with Crippen LogP contribution in [0.4, 0.5) is 9.93 Å². The van der Waals surface area contributed by atoms with E-state index in [9.17, 15) is 14.7 Å². The van der Waals surface area contributed by atoms with Gasteiger partial charge in [0.25, 0.3) is 0 Å². The van der Waals surface area contributed by atoms with E-state index in [1.165, 1.54) is 24.2 Å². The lowest BCUT2D eigenvalue weighted by Gasteiger charge is -2.29. The van der Waals surface area contributed by atoms with Gasteiger partial charge < -0.3 is 10.4 Å². The topological polar surface area (TPSA) is 91.3 Å². The van der Waals surface area contributed by atoms with Crippen molar-refractivity contribution in [3.63, 3.8) is 0 Å². The van der Waals surface area contributed by atoms with Crippen LogP contribution >= 0.6 is 11.3 Å². The van der Waals surface area contributed by atoms with E-state index in [2.05, 4.69) is 15.6 Å². The van der Waals surface area contributed by atoms with Crippen LogP contribution in [0.5, 0.6) is 0 Å². The summed E-state index contributed by atoms with van der Waals surface area (Å²) in [6.07, 6.45) is 5.57. The normalized spacial score (nSPS) is 25.3. The van der Waals surface area contributed by atoms with Crippen molar-refractivity contribution in [3.8, 4) is 0 Å². The van der Waals surface area contributed by atoms with Gasteiger partial charge in [-0.2, -0.15) is 0 Å². The Kier molecular flexibility index (Phi) is 4.10. The number of carbonyl (C=O) groups is 2. The first kappa shape index (κ1) is 14.3. The molecule has 21 heavy (non-hydrogen) atoms. The lowest BCUT2D eigenvalue weighted by atomic mass is 9.84. The molecule has 0 aliphatic heterocycles. The molecule has 1 heterocycles. The van der Waals surface area contributed by atoms with Crippen molar-refractivity contribution in [1.29, 1.82) is 0 Å². The molecule has 1 aromatic heterocycles. The first-order chi connectivity index (χ1) is 10.1. The number of hydrogen-bond acceptors (Lipinski definition) is 4. The zero-order chi connectivity index (χ0) is 14.8. The summed E-state index contributed by atoms with van der Waals surface area (Å²) in [4.78, 5) is 27.6. The summed E-state index contributed by atoms with van der Waals surface area (Å²) >= 11 is 1.42. The molecule has 114 valence electrons. The number of carboxylic acid groups (broad SMARTS) is 1. The minimum atomic E-state index is -0.828. The van der Waals surface area contributed by atoms with Crippen molar-refractivity contribution in [2.45, 2.75) is 50.5 Å².